The van der Waals surface area contributed by atoms with Gasteiger partial charge in [0.05, 0.1) is 12.6 Å². The van der Waals surface area contributed by atoms with Gasteiger partial charge in [-0.25, -0.2) is 0 Å². The lowest BCUT2D eigenvalue weighted by Crippen LogP contribution is -2.32. The molecule has 1 unspecified atom stereocenters. The van der Waals surface area contributed by atoms with Gasteiger partial charge in [-0.1, -0.05) is 24.3 Å². The summed E-state index contributed by atoms with van der Waals surface area (Å²) in [6.45, 7) is 4.58. The van der Waals surface area contributed by atoms with E-state index in [-0.39, 0.29) is 11.9 Å². The van der Waals surface area contributed by atoms with Crippen LogP contribution in [0.1, 0.15) is 30.5 Å². The minimum absolute atomic E-state index is 0.0234. The Balaban J connectivity index is 2.22. The van der Waals surface area contributed by atoms with E-state index in [1.54, 1.807) is 0 Å². The average molecular weight is 231 g/mol. The lowest BCUT2D eigenvalue weighted by atomic mass is 9.96. The number of ether oxygens (including phenoxy) is 1. The summed E-state index contributed by atoms with van der Waals surface area (Å²) in [5.41, 5.74) is 2.35. The van der Waals surface area contributed by atoms with Crippen LogP contribution < -0.4 is 5.32 Å². The molecule has 2 rings (SSSR count). The van der Waals surface area contributed by atoms with Crippen molar-refractivity contribution in [3.63, 3.8) is 0 Å². The molecule has 1 heterocycles. The number of amides is 1. The van der Waals surface area contributed by atoms with Crippen LogP contribution in [-0.4, -0.2) is 12.5 Å². The van der Waals surface area contributed by atoms with E-state index in [0.29, 0.717) is 6.61 Å². The molecule has 17 heavy (non-hydrogen) atoms. The number of hydrogen-bond donors (Lipinski definition) is 1. The first-order chi connectivity index (χ1) is 8.20. The molecule has 0 saturated heterocycles. The van der Waals surface area contributed by atoms with Gasteiger partial charge in [-0.3, -0.25) is 4.79 Å². The van der Waals surface area contributed by atoms with Crippen LogP contribution in [0.2, 0.25) is 0 Å². The molecule has 0 aromatic heterocycles. The molecular weight excluding hydrogens is 214 g/mol. The largest absolute Gasteiger partial charge is 0.498 e. The van der Waals surface area contributed by atoms with Crippen LogP contribution >= 0.6 is 0 Å². The van der Waals surface area contributed by atoms with E-state index in [4.69, 9.17) is 4.74 Å². The number of carbonyl (C=O) groups is 1. The predicted octanol–water partition coefficient (Wildman–Crippen LogP) is 2.48. The minimum Gasteiger partial charge on any atom is -0.498 e. The monoisotopic (exact) mass is 231 g/mol. The van der Waals surface area contributed by atoms with Crippen LogP contribution in [0.3, 0.4) is 0 Å². The van der Waals surface area contributed by atoms with Crippen molar-refractivity contribution in [2.45, 2.75) is 26.3 Å². The van der Waals surface area contributed by atoms with Crippen LogP contribution in [-0.2, 0) is 9.53 Å². The lowest BCUT2D eigenvalue weighted by Gasteiger charge is -2.25. The van der Waals surface area contributed by atoms with Crippen LogP contribution in [0.4, 0.5) is 0 Å². The Bertz CT molecular complexity index is 451. The van der Waals surface area contributed by atoms with Crippen LogP contribution in [0.25, 0.3) is 0 Å². The molecule has 1 aliphatic rings. The maximum atomic E-state index is 11.6. The summed E-state index contributed by atoms with van der Waals surface area (Å²) in [6.07, 6.45) is 2.27. The predicted molar refractivity (Wildman–Crippen MR) is 66.4 cm³/mol. The molecule has 3 nitrogen and oxygen atoms in total. The van der Waals surface area contributed by atoms with Gasteiger partial charge >= 0.3 is 0 Å². The first-order valence-electron chi connectivity index (χ1n) is 5.90. The number of carbonyl (C=O) groups excluding carboxylic acids is 1. The van der Waals surface area contributed by atoms with E-state index < -0.39 is 0 Å². The SMILES string of the molecule is CCOC1=CC(=O)NC(c2ccccc2C)C1. The Labute approximate surface area is 101 Å². The van der Waals surface area contributed by atoms with Crippen molar-refractivity contribution in [1.82, 2.24) is 5.32 Å². The van der Waals surface area contributed by atoms with Crippen LogP contribution in [0.5, 0.6) is 0 Å². The first kappa shape index (κ1) is 11.7. The minimum atomic E-state index is -0.0760. The Morgan fingerprint density at radius 2 is 2.18 bits per heavy atom. The molecule has 1 aromatic carbocycles. The van der Waals surface area contributed by atoms with Gasteiger partial charge in [-0.2, -0.15) is 0 Å². The summed E-state index contributed by atoms with van der Waals surface area (Å²) in [6, 6.07) is 8.13. The molecule has 3 heteroatoms. The van der Waals surface area contributed by atoms with Crippen LogP contribution in [0, 0.1) is 6.92 Å². The highest BCUT2D eigenvalue weighted by molar-refractivity contribution is 5.89. The lowest BCUT2D eigenvalue weighted by molar-refractivity contribution is -0.118. The molecule has 0 spiro atoms. The topological polar surface area (TPSA) is 38.3 Å². The molecule has 90 valence electrons. The highest BCUT2D eigenvalue weighted by atomic mass is 16.5. The van der Waals surface area contributed by atoms with Gasteiger partial charge in [0.1, 0.15) is 5.76 Å². The zero-order valence-corrected chi connectivity index (χ0v) is 10.2. The fourth-order valence-electron chi connectivity index (χ4n) is 2.12. The summed E-state index contributed by atoms with van der Waals surface area (Å²) in [5, 5.41) is 2.97. The molecule has 0 fully saturated rings. The van der Waals surface area contributed by atoms with E-state index in [1.807, 2.05) is 19.1 Å². The standard InChI is InChI=1S/C14H17NO2/c1-3-17-11-8-13(15-14(16)9-11)12-7-5-4-6-10(12)2/h4-7,9,13H,3,8H2,1-2H3,(H,15,16). The molecule has 0 saturated carbocycles. The molecule has 0 bridgehead atoms. The van der Waals surface area contributed by atoms with Crippen molar-refractivity contribution in [3.05, 3.63) is 47.2 Å². The second-order valence-corrected chi connectivity index (χ2v) is 4.17. The van der Waals surface area contributed by atoms with E-state index >= 15 is 0 Å². The smallest absolute Gasteiger partial charge is 0.247 e. The second-order valence-electron chi connectivity index (χ2n) is 4.17. The summed E-state index contributed by atoms with van der Waals surface area (Å²) in [4.78, 5) is 11.6. The number of aryl methyl sites for hydroxylation is 1. The van der Waals surface area contributed by atoms with Gasteiger partial charge in [0, 0.05) is 12.5 Å². The van der Waals surface area contributed by atoms with Gasteiger partial charge in [0.2, 0.25) is 5.91 Å². The Kier molecular flexibility index (Phi) is 3.47. The average Bonchev–Trinajstić information content (AvgIpc) is 2.29. The third-order valence-electron chi connectivity index (χ3n) is 2.91. The van der Waals surface area contributed by atoms with Crippen molar-refractivity contribution >= 4 is 5.91 Å². The van der Waals surface area contributed by atoms with Gasteiger partial charge < -0.3 is 10.1 Å². The van der Waals surface area contributed by atoms with Crippen molar-refractivity contribution in [2.24, 2.45) is 0 Å². The molecule has 1 aliphatic heterocycles. The molecule has 0 radical (unpaired) electrons. The molecule has 1 amide bonds. The van der Waals surface area contributed by atoms with Gasteiger partial charge in [-0.15, -0.1) is 0 Å². The quantitative estimate of drug-likeness (QED) is 0.867. The van der Waals surface area contributed by atoms with Crippen molar-refractivity contribution in [2.75, 3.05) is 6.61 Å². The third kappa shape index (κ3) is 2.67. The fourth-order valence-corrected chi connectivity index (χ4v) is 2.12. The molecule has 1 atom stereocenters. The maximum absolute atomic E-state index is 11.6. The Hall–Kier alpha value is -1.77. The number of nitrogens with one attached hydrogen (secondary N) is 1. The Morgan fingerprint density at radius 3 is 2.88 bits per heavy atom. The highest BCUT2D eigenvalue weighted by Gasteiger charge is 2.22. The fraction of sp³-hybridized carbons (Fsp3) is 0.357. The van der Waals surface area contributed by atoms with Gasteiger partial charge in [-0.05, 0) is 25.0 Å². The number of rotatable bonds is 3. The summed E-state index contributed by atoms with van der Waals surface area (Å²) in [5.74, 6) is 0.692. The maximum Gasteiger partial charge on any atom is 0.247 e. The molecule has 1 N–H and O–H groups in total. The van der Waals surface area contributed by atoms with E-state index in [9.17, 15) is 4.79 Å². The summed E-state index contributed by atoms with van der Waals surface area (Å²) < 4.78 is 5.45. The number of hydrogen-bond acceptors (Lipinski definition) is 2. The molecular formula is C14H17NO2. The van der Waals surface area contributed by atoms with E-state index in [2.05, 4.69) is 24.4 Å². The van der Waals surface area contributed by atoms with Gasteiger partial charge in [0.15, 0.2) is 0 Å². The third-order valence-corrected chi connectivity index (χ3v) is 2.91. The summed E-state index contributed by atoms with van der Waals surface area (Å²) >= 11 is 0. The van der Waals surface area contributed by atoms with Crippen molar-refractivity contribution in [3.8, 4) is 0 Å². The Morgan fingerprint density at radius 1 is 1.41 bits per heavy atom. The highest BCUT2D eigenvalue weighted by Crippen LogP contribution is 2.27. The van der Waals surface area contributed by atoms with E-state index in [1.165, 1.54) is 11.6 Å². The molecule has 1 aromatic rings. The van der Waals surface area contributed by atoms with Crippen molar-refractivity contribution in [1.29, 1.82) is 0 Å². The van der Waals surface area contributed by atoms with E-state index in [0.717, 1.165) is 17.7 Å². The number of benzene rings is 1. The first-order valence-corrected chi connectivity index (χ1v) is 5.90. The molecule has 0 aliphatic carbocycles. The summed E-state index contributed by atoms with van der Waals surface area (Å²) in [7, 11) is 0. The van der Waals surface area contributed by atoms with Gasteiger partial charge in [0.25, 0.3) is 0 Å². The normalized spacial score (nSPS) is 19.5. The van der Waals surface area contributed by atoms with Crippen molar-refractivity contribution < 1.29 is 9.53 Å². The second kappa shape index (κ2) is 5.04. The van der Waals surface area contributed by atoms with Crippen LogP contribution in [0.15, 0.2) is 36.1 Å². The zero-order chi connectivity index (χ0) is 12.3. The zero-order valence-electron chi connectivity index (χ0n) is 10.2.